The fourth-order valence-electron chi connectivity index (χ4n) is 11.3. The third-order valence-corrected chi connectivity index (χ3v) is 17.4. The van der Waals surface area contributed by atoms with Gasteiger partial charge in [0.2, 0.25) is 28.5 Å². The second-order valence-electron chi connectivity index (χ2n) is 23.7. The van der Waals surface area contributed by atoms with Gasteiger partial charge in [0.05, 0.1) is 11.1 Å². The van der Waals surface area contributed by atoms with Crippen molar-refractivity contribution < 1.29 is 31.1 Å². The van der Waals surface area contributed by atoms with Crippen LogP contribution in [0.4, 0.5) is 0 Å². The summed E-state index contributed by atoms with van der Waals surface area (Å²) >= 11 is 0. The predicted molar refractivity (Wildman–Crippen MR) is 360 cm³/mol. The first-order valence-electron chi connectivity index (χ1n) is 32.7. The molecule has 5 heteroatoms. The molecule has 0 bridgehead atoms. The van der Waals surface area contributed by atoms with Crippen LogP contribution in [0.15, 0.2) is 152 Å². The van der Waals surface area contributed by atoms with E-state index in [-0.39, 0.29) is 0 Å². The Hall–Kier alpha value is -8.15. The maximum atomic E-state index is 7.65. The van der Waals surface area contributed by atoms with E-state index in [0.717, 1.165) is 39.3 Å². The molecule has 10 rings (SSSR count). The molecule has 0 atom stereocenters. The second-order valence-corrected chi connectivity index (χ2v) is 23.7. The van der Waals surface area contributed by atoms with Crippen LogP contribution >= 0.6 is 0 Å². The van der Waals surface area contributed by atoms with Gasteiger partial charge in [0.15, 0.2) is 29.5 Å². The van der Waals surface area contributed by atoms with E-state index in [1.54, 1.807) is 12.3 Å². The Morgan fingerprint density at radius 3 is 0.859 bits per heavy atom. The second kappa shape index (κ2) is 28.6. The zero-order valence-corrected chi connectivity index (χ0v) is 55.7. The Morgan fingerprint density at radius 2 is 0.529 bits per heavy atom. The maximum Gasteiger partial charge on any atom is 0.215 e. The van der Waals surface area contributed by atoms with Gasteiger partial charge in [0.25, 0.3) is 0 Å². The van der Waals surface area contributed by atoms with Crippen LogP contribution in [0.3, 0.4) is 0 Å². The molecule has 0 saturated carbocycles. The summed E-state index contributed by atoms with van der Waals surface area (Å²) in [6, 6.07) is 48.4. The monoisotopic (exact) mass is 1140 g/mol. The van der Waals surface area contributed by atoms with Crippen LogP contribution in [-0.2, 0) is 35.2 Å². The molecule has 0 spiro atoms. The molecule has 0 aliphatic rings. The van der Waals surface area contributed by atoms with Gasteiger partial charge in [-0.05, 0) is 221 Å². The van der Waals surface area contributed by atoms with Gasteiger partial charge in [-0.15, -0.1) is 0 Å². The highest BCUT2D eigenvalue weighted by molar-refractivity contribution is 5.69. The fourth-order valence-corrected chi connectivity index (χ4v) is 11.3. The third kappa shape index (κ3) is 15.2. The molecule has 0 aliphatic carbocycles. The molecule has 5 aromatic heterocycles. The van der Waals surface area contributed by atoms with Crippen LogP contribution < -0.4 is 22.8 Å². The maximum absolute atomic E-state index is 7.65. The van der Waals surface area contributed by atoms with Crippen molar-refractivity contribution in [3.05, 3.63) is 264 Å². The molecule has 10 aromatic rings. The number of rotatable bonds is 5. The van der Waals surface area contributed by atoms with E-state index in [2.05, 4.69) is 259 Å². The summed E-state index contributed by atoms with van der Waals surface area (Å²) in [7, 11) is 10.3. The van der Waals surface area contributed by atoms with Crippen LogP contribution in [0.1, 0.15) is 120 Å². The van der Waals surface area contributed by atoms with Crippen LogP contribution in [0.5, 0.6) is 0 Å². The van der Waals surface area contributed by atoms with Gasteiger partial charge in [-0.1, -0.05) is 72.8 Å². The Kier molecular flexibility index (Phi) is 19.3. The normalized spacial score (nSPS) is 12.0. The number of aryl methyl sites for hydroxylation is 19. The molecule has 5 aromatic carbocycles. The average Bonchev–Trinajstić information content (AvgIpc) is 0.893. The molecular weight excluding hydrogens is 1030 g/mol. The van der Waals surface area contributed by atoms with Gasteiger partial charge in [-0.2, -0.15) is 13.7 Å². The summed E-state index contributed by atoms with van der Waals surface area (Å²) in [5, 5.41) is 0. The molecule has 0 unspecified atom stereocenters. The number of hydrogen-bond acceptors (Lipinski definition) is 0. The summed E-state index contributed by atoms with van der Waals surface area (Å²) in [4.78, 5) is 0. The lowest BCUT2D eigenvalue weighted by molar-refractivity contribution is -0.667. The van der Waals surface area contributed by atoms with Crippen LogP contribution in [0.25, 0.3) is 56.3 Å². The Morgan fingerprint density at radius 1 is 0.259 bits per heavy atom. The molecule has 0 aliphatic heterocycles. The molecular formula is C80H100N5+5. The highest BCUT2D eigenvalue weighted by atomic mass is 15.0. The van der Waals surface area contributed by atoms with Gasteiger partial charge in [-0.25, -0.2) is 9.13 Å². The Balaban J connectivity index is 0.000000181. The molecule has 0 saturated heterocycles. The SMILES string of the molecule is Cc1cc(-c2c(C)cccc2C)[n+](C)cc1C.Cc1cccc(-c2c(C)ccc(C)[n+]2C)c1C.Cc1cccc(-c2c(C)ccc(C)[n+]2C)c1C.[2H]C([2H])([2H])c1c[n+](C)c(-c2c(C)cccc2C)cc1C.[2H]C([2H])([2H])c1cccc(-c2c(C)ccc(C)[n+]2C)c1C. The number of benzene rings is 5. The van der Waals surface area contributed by atoms with Crippen LogP contribution in [-0.4, -0.2) is 0 Å². The molecule has 85 heavy (non-hydrogen) atoms. The molecule has 5 heterocycles. The van der Waals surface area contributed by atoms with Crippen molar-refractivity contribution in [1.82, 2.24) is 0 Å². The smallest absolute Gasteiger partial charge is 0.201 e. The first-order valence-corrected chi connectivity index (χ1v) is 29.7. The van der Waals surface area contributed by atoms with E-state index in [1.165, 1.54) is 117 Å². The quantitative estimate of drug-likeness (QED) is 0.153. The number of nitrogens with zero attached hydrogens (tertiary/aromatic N) is 5. The van der Waals surface area contributed by atoms with E-state index < -0.39 is 13.7 Å². The topological polar surface area (TPSA) is 19.4 Å². The zero-order chi connectivity index (χ0) is 67.9. The molecule has 440 valence electrons. The van der Waals surface area contributed by atoms with Crippen molar-refractivity contribution in [2.24, 2.45) is 35.2 Å². The first-order chi connectivity index (χ1) is 42.5. The first kappa shape index (κ1) is 57.3. The summed E-state index contributed by atoms with van der Waals surface area (Å²) < 4.78 is 56.5. The minimum absolute atomic E-state index is 0.412. The minimum atomic E-state index is -2.07. The predicted octanol–water partition coefficient (Wildman–Crippen LogP) is 17.1. The van der Waals surface area contributed by atoms with Crippen molar-refractivity contribution in [3.63, 3.8) is 0 Å². The third-order valence-electron chi connectivity index (χ3n) is 17.4. The van der Waals surface area contributed by atoms with E-state index in [9.17, 15) is 0 Å². The van der Waals surface area contributed by atoms with E-state index >= 15 is 0 Å². The lowest BCUT2D eigenvalue weighted by atomic mass is 9.97. The highest BCUT2D eigenvalue weighted by Gasteiger charge is 2.22. The lowest BCUT2D eigenvalue weighted by Crippen LogP contribution is -2.35. The van der Waals surface area contributed by atoms with Crippen LogP contribution in [0.2, 0.25) is 0 Å². The molecule has 0 radical (unpaired) electrons. The van der Waals surface area contributed by atoms with Crippen LogP contribution in [0, 0.1) is 138 Å². The highest BCUT2D eigenvalue weighted by Crippen LogP contribution is 2.30. The number of pyridine rings is 5. The van der Waals surface area contributed by atoms with E-state index in [4.69, 9.17) is 8.22 Å². The number of hydrogen-bond donors (Lipinski definition) is 0. The lowest BCUT2D eigenvalue weighted by Gasteiger charge is -2.10. The molecule has 0 N–H and O–H groups in total. The summed E-state index contributed by atoms with van der Waals surface area (Å²) in [5.41, 5.74) is 35.5. The van der Waals surface area contributed by atoms with Crippen molar-refractivity contribution >= 4 is 0 Å². The largest absolute Gasteiger partial charge is 0.215 e. The van der Waals surface area contributed by atoms with Gasteiger partial charge in [0, 0.05) is 104 Å². The van der Waals surface area contributed by atoms with Gasteiger partial charge in [-0.3, -0.25) is 0 Å². The van der Waals surface area contributed by atoms with Gasteiger partial charge < -0.3 is 0 Å². The molecule has 0 amide bonds. The molecule has 5 nitrogen and oxygen atoms in total. The van der Waals surface area contributed by atoms with Crippen molar-refractivity contribution in [2.45, 2.75) is 138 Å². The van der Waals surface area contributed by atoms with Gasteiger partial charge >= 0.3 is 0 Å². The Labute approximate surface area is 522 Å². The fraction of sp³-hybridized carbons (Fsp3) is 0.312. The van der Waals surface area contributed by atoms with E-state index in [1.807, 2.05) is 63.7 Å². The standard InChI is InChI=1S/5C16H20N/c2*1-11-7-6-8-12(2)16(11)15-9-13(3)14(4)10-17(15)5;3*1-11-7-6-8-15(14(11)4)16-12(2)9-10-13(3)17(16)5/h5*6-10H,1-5H3/q5*+1/i4D3;;1D3;;. The zero-order valence-electron chi connectivity index (χ0n) is 61.7. The molecule has 0 fully saturated rings. The summed E-state index contributed by atoms with van der Waals surface area (Å²) in [6.07, 6.45) is 3.93. The minimum Gasteiger partial charge on any atom is -0.201 e. The van der Waals surface area contributed by atoms with Crippen molar-refractivity contribution in [1.29, 1.82) is 0 Å². The van der Waals surface area contributed by atoms with E-state index in [0.29, 0.717) is 11.1 Å². The number of aromatic nitrogens is 5. The van der Waals surface area contributed by atoms with Crippen molar-refractivity contribution in [3.8, 4) is 56.3 Å². The van der Waals surface area contributed by atoms with Gasteiger partial charge in [0.1, 0.15) is 35.2 Å². The van der Waals surface area contributed by atoms with Crippen molar-refractivity contribution in [2.75, 3.05) is 0 Å². The summed E-state index contributed by atoms with van der Waals surface area (Å²) in [5.74, 6) is 0. The average molecular weight is 1140 g/mol. The summed E-state index contributed by atoms with van der Waals surface area (Å²) in [6.45, 7) is 33.9. The Bertz CT molecular complexity index is 4150.